The minimum atomic E-state index is -0.279. The Bertz CT molecular complexity index is 249. The van der Waals surface area contributed by atoms with Gasteiger partial charge in [-0.15, -0.1) is 12.4 Å². The second-order valence-corrected chi connectivity index (χ2v) is 6.74. The SMILES string of the molecule is CC(C)C(C)(CN)NC(=O)CCCC(C)(C)C.Cl. The maximum Gasteiger partial charge on any atom is 0.220 e. The summed E-state index contributed by atoms with van der Waals surface area (Å²) in [5.74, 6) is 0.468. The first-order chi connectivity index (χ1) is 7.60. The second kappa shape index (κ2) is 8.00. The predicted molar refractivity (Wildman–Crippen MR) is 81.0 cm³/mol. The van der Waals surface area contributed by atoms with E-state index in [0.717, 1.165) is 12.8 Å². The van der Waals surface area contributed by atoms with E-state index in [4.69, 9.17) is 5.73 Å². The summed E-state index contributed by atoms with van der Waals surface area (Å²) < 4.78 is 0. The lowest BCUT2D eigenvalue weighted by Gasteiger charge is -2.33. The quantitative estimate of drug-likeness (QED) is 0.784. The van der Waals surface area contributed by atoms with Crippen LogP contribution in [0.1, 0.15) is 60.8 Å². The Morgan fingerprint density at radius 2 is 1.72 bits per heavy atom. The van der Waals surface area contributed by atoms with E-state index in [1.165, 1.54) is 0 Å². The fourth-order valence-corrected chi connectivity index (χ4v) is 1.59. The highest BCUT2D eigenvalue weighted by Crippen LogP contribution is 2.22. The summed E-state index contributed by atoms with van der Waals surface area (Å²) >= 11 is 0. The Morgan fingerprint density at radius 3 is 2.06 bits per heavy atom. The van der Waals surface area contributed by atoms with E-state index in [2.05, 4.69) is 39.9 Å². The van der Waals surface area contributed by atoms with Crippen LogP contribution in [0.25, 0.3) is 0 Å². The molecule has 0 saturated heterocycles. The lowest BCUT2D eigenvalue weighted by atomic mass is 9.87. The van der Waals surface area contributed by atoms with Crippen LogP contribution in [0.15, 0.2) is 0 Å². The summed E-state index contributed by atoms with van der Waals surface area (Å²) in [6, 6.07) is 0. The molecule has 0 aliphatic rings. The number of halogens is 1. The Kier molecular flexibility index (Phi) is 8.91. The summed E-state index contributed by atoms with van der Waals surface area (Å²) in [7, 11) is 0. The third-order valence-electron chi connectivity index (χ3n) is 3.45. The number of amides is 1. The van der Waals surface area contributed by atoms with Crippen molar-refractivity contribution in [3.05, 3.63) is 0 Å². The van der Waals surface area contributed by atoms with Gasteiger partial charge < -0.3 is 11.1 Å². The van der Waals surface area contributed by atoms with Crippen LogP contribution in [0.2, 0.25) is 0 Å². The number of carbonyl (C=O) groups excluding carboxylic acids is 1. The molecule has 4 heteroatoms. The second-order valence-electron chi connectivity index (χ2n) is 6.74. The van der Waals surface area contributed by atoms with Crippen molar-refractivity contribution < 1.29 is 4.79 Å². The molecule has 1 amide bonds. The number of nitrogens with two attached hydrogens (primary N) is 1. The summed E-state index contributed by atoms with van der Waals surface area (Å²) in [5, 5.41) is 3.06. The summed E-state index contributed by atoms with van der Waals surface area (Å²) in [5.41, 5.74) is 5.76. The maximum atomic E-state index is 11.8. The molecule has 0 bridgehead atoms. The van der Waals surface area contributed by atoms with Crippen molar-refractivity contribution in [2.75, 3.05) is 6.54 Å². The first-order valence-corrected chi connectivity index (χ1v) is 6.62. The highest BCUT2D eigenvalue weighted by Gasteiger charge is 2.28. The highest BCUT2D eigenvalue weighted by molar-refractivity contribution is 5.85. The molecule has 0 aromatic carbocycles. The third-order valence-corrected chi connectivity index (χ3v) is 3.45. The van der Waals surface area contributed by atoms with Gasteiger partial charge in [0.15, 0.2) is 0 Å². The van der Waals surface area contributed by atoms with Crippen LogP contribution in [0, 0.1) is 11.3 Å². The average molecular weight is 279 g/mol. The fraction of sp³-hybridized carbons (Fsp3) is 0.929. The first kappa shape index (κ1) is 20.0. The molecule has 3 nitrogen and oxygen atoms in total. The number of hydrogen-bond donors (Lipinski definition) is 2. The van der Waals surface area contributed by atoms with E-state index in [-0.39, 0.29) is 23.9 Å². The van der Waals surface area contributed by atoms with Gasteiger partial charge in [0.1, 0.15) is 0 Å². The van der Waals surface area contributed by atoms with E-state index in [1.54, 1.807) is 0 Å². The Morgan fingerprint density at radius 1 is 1.22 bits per heavy atom. The van der Waals surface area contributed by atoms with Gasteiger partial charge in [-0.25, -0.2) is 0 Å². The van der Waals surface area contributed by atoms with Crippen molar-refractivity contribution in [2.24, 2.45) is 17.1 Å². The molecule has 0 aliphatic heterocycles. The minimum Gasteiger partial charge on any atom is -0.349 e. The van der Waals surface area contributed by atoms with E-state index in [0.29, 0.717) is 24.3 Å². The van der Waals surface area contributed by atoms with Crippen molar-refractivity contribution in [3.63, 3.8) is 0 Å². The topological polar surface area (TPSA) is 55.1 Å². The van der Waals surface area contributed by atoms with Crippen LogP contribution in [-0.2, 0) is 4.79 Å². The number of rotatable bonds is 6. The average Bonchev–Trinajstić information content (AvgIpc) is 2.15. The van der Waals surface area contributed by atoms with Gasteiger partial charge in [0.25, 0.3) is 0 Å². The standard InChI is InChI=1S/C14H30N2O.ClH/c1-11(2)14(6,10-15)16-12(17)8-7-9-13(3,4)5;/h11H,7-10,15H2,1-6H3,(H,16,17);1H. The van der Waals surface area contributed by atoms with Crippen molar-refractivity contribution in [3.8, 4) is 0 Å². The van der Waals surface area contributed by atoms with Crippen molar-refractivity contribution in [1.82, 2.24) is 5.32 Å². The normalized spacial score (nSPS) is 14.9. The molecule has 0 rings (SSSR count). The smallest absolute Gasteiger partial charge is 0.220 e. The van der Waals surface area contributed by atoms with Gasteiger partial charge in [-0.1, -0.05) is 34.6 Å². The van der Waals surface area contributed by atoms with Crippen LogP contribution in [0.3, 0.4) is 0 Å². The number of nitrogens with one attached hydrogen (secondary N) is 1. The molecule has 0 radical (unpaired) electrons. The van der Waals surface area contributed by atoms with Gasteiger partial charge in [0.05, 0.1) is 5.54 Å². The Hall–Kier alpha value is -0.280. The molecule has 0 heterocycles. The Balaban J connectivity index is 0. The van der Waals surface area contributed by atoms with Gasteiger partial charge in [0.2, 0.25) is 5.91 Å². The zero-order chi connectivity index (χ0) is 13.7. The molecule has 0 aliphatic carbocycles. The maximum absolute atomic E-state index is 11.8. The van der Waals surface area contributed by atoms with E-state index in [1.807, 2.05) is 6.92 Å². The predicted octanol–water partition coefficient (Wildman–Crippen LogP) is 3.11. The molecule has 110 valence electrons. The Labute approximate surface area is 119 Å². The van der Waals surface area contributed by atoms with Crippen LogP contribution in [0.5, 0.6) is 0 Å². The van der Waals surface area contributed by atoms with Gasteiger partial charge in [-0.05, 0) is 31.1 Å². The molecule has 1 atom stereocenters. The molecule has 18 heavy (non-hydrogen) atoms. The van der Waals surface area contributed by atoms with E-state index in [9.17, 15) is 4.79 Å². The molecule has 0 fully saturated rings. The van der Waals surface area contributed by atoms with Gasteiger partial charge in [0, 0.05) is 13.0 Å². The highest BCUT2D eigenvalue weighted by atomic mass is 35.5. The van der Waals surface area contributed by atoms with Crippen LogP contribution >= 0.6 is 12.4 Å². The molecular weight excluding hydrogens is 248 g/mol. The molecule has 1 unspecified atom stereocenters. The lowest BCUT2D eigenvalue weighted by Crippen LogP contribution is -2.54. The molecule has 0 aromatic rings. The van der Waals surface area contributed by atoms with Gasteiger partial charge in [-0.3, -0.25) is 4.79 Å². The zero-order valence-corrected chi connectivity index (χ0v) is 13.6. The van der Waals surface area contributed by atoms with E-state index >= 15 is 0 Å². The minimum absolute atomic E-state index is 0. The van der Waals surface area contributed by atoms with E-state index < -0.39 is 0 Å². The largest absolute Gasteiger partial charge is 0.349 e. The molecule has 0 saturated carbocycles. The molecule has 3 N–H and O–H groups in total. The molecule has 0 aromatic heterocycles. The molecule has 0 spiro atoms. The van der Waals surface area contributed by atoms with Gasteiger partial charge >= 0.3 is 0 Å². The number of hydrogen-bond acceptors (Lipinski definition) is 2. The first-order valence-electron chi connectivity index (χ1n) is 6.62. The summed E-state index contributed by atoms with van der Waals surface area (Å²) in [6.45, 7) is 13.3. The monoisotopic (exact) mass is 278 g/mol. The number of carbonyl (C=O) groups is 1. The summed E-state index contributed by atoms with van der Waals surface area (Å²) in [6.07, 6.45) is 2.61. The van der Waals surface area contributed by atoms with Crippen LogP contribution < -0.4 is 11.1 Å². The van der Waals surface area contributed by atoms with Crippen molar-refractivity contribution >= 4 is 18.3 Å². The summed E-state index contributed by atoms with van der Waals surface area (Å²) in [4.78, 5) is 11.8. The lowest BCUT2D eigenvalue weighted by molar-refractivity contribution is -0.123. The van der Waals surface area contributed by atoms with Crippen LogP contribution in [-0.4, -0.2) is 18.0 Å². The van der Waals surface area contributed by atoms with Crippen LogP contribution in [0.4, 0.5) is 0 Å². The zero-order valence-electron chi connectivity index (χ0n) is 12.8. The van der Waals surface area contributed by atoms with Crippen molar-refractivity contribution in [1.29, 1.82) is 0 Å². The molecular formula is C14H31ClN2O. The van der Waals surface area contributed by atoms with Crippen molar-refractivity contribution in [2.45, 2.75) is 66.3 Å². The van der Waals surface area contributed by atoms with Gasteiger partial charge in [-0.2, -0.15) is 0 Å². The third kappa shape index (κ3) is 7.93. The fourth-order valence-electron chi connectivity index (χ4n) is 1.59.